The summed E-state index contributed by atoms with van der Waals surface area (Å²) in [6.07, 6.45) is 5.10. The van der Waals surface area contributed by atoms with Crippen molar-refractivity contribution in [3.05, 3.63) is 71.8 Å². The quantitative estimate of drug-likeness (QED) is 0.672. The van der Waals surface area contributed by atoms with Crippen molar-refractivity contribution >= 4 is 0 Å². The number of nitrogens with one attached hydrogen (secondary N) is 1. The molecule has 0 spiro atoms. The van der Waals surface area contributed by atoms with Crippen LogP contribution in [0.25, 0.3) is 0 Å². The molecule has 2 aromatic rings. The highest BCUT2D eigenvalue weighted by atomic mass is 14.9. The van der Waals surface area contributed by atoms with Gasteiger partial charge in [-0.15, -0.1) is 0 Å². The summed E-state index contributed by atoms with van der Waals surface area (Å²) >= 11 is 0. The first-order valence-corrected chi connectivity index (χ1v) is 8.14. The first-order chi connectivity index (χ1) is 10.4. The van der Waals surface area contributed by atoms with Crippen LogP contribution in [-0.2, 0) is 0 Å². The van der Waals surface area contributed by atoms with Gasteiger partial charge in [0.25, 0.3) is 0 Å². The topological polar surface area (TPSA) is 12.0 Å². The minimum atomic E-state index is 0.425. The normalized spacial score (nSPS) is 12.5. The van der Waals surface area contributed by atoms with Gasteiger partial charge >= 0.3 is 0 Å². The van der Waals surface area contributed by atoms with Crippen LogP contribution >= 0.6 is 0 Å². The molecule has 1 atom stereocenters. The van der Waals surface area contributed by atoms with Crippen LogP contribution in [0.1, 0.15) is 49.7 Å². The lowest BCUT2D eigenvalue weighted by atomic mass is 9.83. The van der Waals surface area contributed by atoms with E-state index in [0.717, 1.165) is 0 Å². The molecule has 1 heteroatoms. The van der Waals surface area contributed by atoms with Crippen LogP contribution in [0.3, 0.4) is 0 Å². The first-order valence-electron chi connectivity index (χ1n) is 8.14. The van der Waals surface area contributed by atoms with Crippen LogP contribution in [0.5, 0.6) is 0 Å². The Balaban J connectivity index is 2.27. The van der Waals surface area contributed by atoms with E-state index in [-0.39, 0.29) is 0 Å². The van der Waals surface area contributed by atoms with Gasteiger partial charge in [-0.05, 0) is 24.6 Å². The minimum absolute atomic E-state index is 0.425. The average molecular weight is 281 g/mol. The average Bonchev–Trinajstić information content (AvgIpc) is 2.56. The molecule has 2 rings (SSSR count). The summed E-state index contributed by atoms with van der Waals surface area (Å²) in [5, 5.41) is 3.56. The highest BCUT2D eigenvalue weighted by molar-refractivity contribution is 5.34. The van der Waals surface area contributed by atoms with Crippen molar-refractivity contribution in [3.8, 4) is 0 Å². The van der Waals surface area contributed by atoms with E-state index in [1.165, 1.54) is 36.8 Å². The van der Waals surface area contributed by atoms with Crippen LogP contribution in [0.2, 0.25) is 0 Å². The van der Waals surface area contributed by atoms with Crippen molar-refractivity contribution < 1.29 is 0 Å². The molecule has 0 aliphatic carbocycles. The zero-order chi connectivity index (χ0) is 14.9. The third kappa shape index (κ3) is 4.44. The SMILES string of the molecule is CCCCCC(NC)C(c1ccccc1)c1ccccc1. The van der Waals surface area contributed by atoms with Gasteiger partial charge in [0.15, 0.2) is 0 Å². The number of unbranched alkanes of at least 4 members (excludes halogenated alkanes) is 2. The molecular formula is C20H27N. The fraction of sp³-hybridized carbons (Fsp3) is 0.400. The first kappa shape index (κ1) is 15.8. The molecule has 0 bridgehead atoms. The zero-order valence-corrected chi connectivity index (χ0v) is 13.3. The van der Waals surface area contributed by atoms with Gasteiger partial charge in [0, 0.05) is 12.0 Å². The molecule has 0 heterocycles. The third-order valence-electron chi connectivity index (χ3n) is 4.21. The number of likely N-dealkylation sites (N-methyl/N-ethyl adjacent to an activating group) is 1. The monoisotopic (exact) mass is 281 g/mol. The van der Waals surface area contributed by atoms with E-state index in [1.54, 1.807) is 0 Å². The van der Waals surface area contributed by atoms with Crippen molar-refractivity contribution in [1.29, 1.82) is 0 Å². The summed E-state index contributed by atoms with van der Waals surface area (Å²) in [7, 11) is 2.09. The zero-order valence-electron chi connectivity index (χ0n) is 13.3. The Kier molecular flexibility index (Phi) is 6.49. The van der Waals surface area contributed by atoms with Crippen LogP contribution in [0.15, 0.2) is 60.7 Å². The lowest BCUT2D eigenvalue weighted by Gasteiger charge is -2.28. The minimum Gasteiger partial charge on any atom is -0.316 e. The molecule has 0 radical (unpaired) electrons. The summed E-state index contributed by atoms with van der Waals surface area (Å²) in [6.45, 7) is 2.26. The summed E-state index contributed by atoms with van der Waals surface area (Å²) in [5.41, 5.74) is 2.80. The molecule has 1 unspecified atom stereocenters. The third-order valence-corrected chi connectivity index (χ3v) is 4.21. The van der Waals surface area contributed by atoms with Crippen LogP contribution in [0.4, 0.5) is 0 Å². The molecule has 112 valence electrons. The van der Waals surface area contributed by atoms with E-state index in [0.29, 0.717) is 12.0 Å². The summed E-state index contributed by atoms with van der Waals surface area (Å²) in [4.78, 5) is 0. The highest BCUT2D eigenvalue weighted by Crippen LogP contribution is 2.30. The van der Waals surface area contributed by atoms with Gasteiger partial charge in [0.05, 0.1) is 0 Å². The number of hydrogen-bond acceptors (Lipinski definition) is 1. The summed E-state index contributed by atoms with van der Waals surface area (Å²) in [6, 6.07) is 22.3. The predicted octanol–water partition coefficient (Wildman–Crippen LogP) is 4.99. The molecular weight excluding hydrogens is 254 g/mol. The second kappa shape index (κ2) is 8.63. The van der Waals surface area contributed by atoms with Gasteiger partial charge < -0.3 is 5.32 Å². The van der Waals surface area contributed by atoms with Crippen LogP contribution in [0, 0.1) is 0 Å². The Morgan fingerprint density at radius 1 is 0.810 bits per heavy atom. The Bertz CT molecular complexity index is 452. The largest absolute Gasteiger partial charge is 0.316 e. The highest BCUT2D eigenvalue weighted by Gasteiger charge is 2.22. The van der Waals surface area contributed by atoms with Gasteiger partial charge in [-0.25, -0.2) is 0 Å². The Labute approximate surface area is 129 Å². The van der Waals surface area contributed by atoms with E-state index in [1.807, 2.05) is 0 Å². The van der Waals surface area contributed by atoms with E-state index in [4.69, 9.17) is 0 Å². The molecule has 2 aromatic carbocycles. The molecule has 0 fully saturated rings. The lowest BCUT2D eigenvalue weighted by Crippen LogP contribution is -2.32. The van der Waals surface area contributed by atoms with Crippen molar-refractivity contribution in [2.75, 3.05) is 7.05 Å². The second-order valence-electron chi connectivity index (χ2n) is 5.69. The fourth-order valence-corrected chi connectivity index (χ4v) is 3.07. The molecule has 0 saturated carbocycles. The Hall–Kier alpha value is -1.60. The van der Waals surface area contributed by atoms with Crippen molar-refractivity contribution in [2.45, 2.75) is 44.6 Å². The van der Waals surface area contributed by atoms with Gasteiger partial charge in [-0.1, -0.05) is 86.8 Å². The van der Waals surface area contributed by atoms with E-state index >= 15 is 0 Å². The van der Waals surface area contributed by atoms with E-state index in [9.17, 15) is 0 Å². The fourth-order valence-electron chi connectivity index (χ4n) is 3.07. The predicted molar refractivity (Wildman–Crippen MR) is 91.7 cm³/mol. The molecule has 0 amide bonds. The van der Waals surface area contributed by atoms with Crippen molar-refractivity contribution in [2.24, 2.45) is 0 Å². The maximum atomic E-state index is 3.56. The van der Waals surface area contributed by atoms with Crippen molar-refractivity contribution in [3.63, 3.8) is 0 Å². The Morgan fingerprint density at radius 3 is 1.76 bits per heavy atom. The standard InChI is InChI=1S/C20H27N/c1-3-4-7-16-19(21-2)20(17-12-8-5-9-13-17)18-14-10-6-11-15-18/h5-6,8-15,19-21H,3-4,7,16H2,1-2H3. The molecule has 1 N–H and O–H groups in total. The number of hydrogen-bond donors (Lipinski definition) is 1. The van der Waals surface area contributed by atoms with Crippen LogP contribution in [-0.4, -0.2) is 13.1 Å². The molecule has 0 aliphatic rings. The van der Waals surface area contributed by atoms with E-state index < -0.39 is 0 Å². The number of rotatable bonds is 8. The Morgan fingerprint density at radius 2 is 1.33 bits per heavy atom. The number of benzene rings is 2. The molecule has 0 saturated heterocycles. The lowest BCUT2D eigenvalue weighted by molar-refractivity contribution is 0.451. The maximum absolute atomic E-state index is 3.56. The van der Waals surface area contributed by atoms with Crippen molar-refractivity contribution in [1.82, 2.24) is 5.32 Å². The van der Waals surface area contributed by atoms with Gasteiger partial charge in [-0.3, -0.25) is 0 Å². The van der Waals surface area contributed by atoms with Gasteiger partial charge in [0.1, 0.15) is 0 Å². The van der Waals surface area contributed by atoms with E-state index in [2.05, 4.69) is 80.0 Å². The molecule has 21 heavy (non-hydrogen) atoms. The summed E-state index contributed by atoms with van der Waals surface area (Å²) < 4.78 is 0. The van der Waals surface area contributed by atoms with Gasteiger partial charge in [0.2, 0.25) is 0 Å². The smallest absolute Gasteiger partial charge is 0.0243 e. The van der Waals surface area contributed by atoms with Gasteiger partial charge in [-0.2, -0.15) is 0 Å². The molecule has 0 aliphatic heterocycles. The molecule has 0 aromatic heterocycles. The second-order valence-corrected chi connectivity index (χ2v) is 5.69. The van der Waals surface area contributed by atoms with Crippen LogP contribution < -0.4 is 5.32 Å². The summed E-state index contributed by atoms with van der Waals surface area (Å²) in [5.74, 6) is 0.425. The maximum Gasteiger partial charge on any atom is 0.0243 e. The molecule has 1 nitrogen and oxygen atoms in total.